The van der Waals surface area contributed by atoms with Gasteiger partial charge in [0.2, 0.25) is 0 Å². The second kappa shape index (κ2) is 3.31. The molecule has 0 spiro atoms. The number of hydrogen-bond acceptors (Lipinski definition) is 1. The Morgan fingerprint density at radius 2 is 2.00 bits per heavy atom. The fraction of sp³-hybridized carbons (Fsp3) is 0.538. The van der Waals surface area contributed by atoms with Crippen molar-refractivity contribution in [1.29, 1.82) is 0 Å². The molecule has 2 atom stereocenters. The van der Waals surface area contributed by atoms with Gasteiger partial charge in [-0.2, -0.15) is 0 Å². The van der Waals surface area contributed by atoms with Gasteiger partial charge in [0.05, 0.1) is 6.04 Å². The molecule has 0 fully saturated rings. The number of halogens is 1. The van der Waals surface area contributed by atoms with Gasteiger partial charge in [-0.1, -0.05) is 39.0 Å². The minimum absolute atomic E-state index is 0.119. The van der Waals surface area contributed by atoms with Crippen LogP contribution in [0, 0.1) is 0 Å². The van der Waals surface area contributed by atoms with Gasteiger partial charge in [0, 0.05) is 6.42 Å². The number of hydrogen-bond donors (Lipinski definition) is 1. The number of nitrogens with two attached hydrogens (primary N) is 1. The zero-order valence-electron chi connectivity index (χ0n) is 9.55. The van der Waals surface area contributed by atoms with E-state index >= 15 is 0 Å². The maximum Gasteiger partial charge on any atom is 0.123 e. The molecule has 1 aromatic rings. The van der Waals surface area contributed by atoms with Crippen molar-refractivity contribution in [3.05, 3.63) is 34.9 Å². The molecular weight excluding hydrogens is 189 g/mol. The van der Waals surface area contributed by atoms with Gasteiger partial charge in [0.25, 0.3) is 0 Å². The van der Waals surface area contributed by atoms with Crippen molar-refractivity contribution in [3.63, 3.8) is 0 Å². The number of rotatable bonds is 0. The van der Waals surface area contributed by atoms with Crippen LogP contribution in [0.4, 0.5) is 4.39 Å². The molecule has 1 nitrogen and oxygen atoms in total. The van der Waals surface area contributed by atoms with E-state index in [1.54, 1.807) is 0 Å². The van der Waals surface area contributed by atoms with Crippen LogP contribution in [-0.4, -0.2) is 6.17 Å². The molecule has 0 radical (unpaired) electrons. The van der Waals surface area contributed by atoms with E-state index in [0.29, 0.717) is 6.42 Å². The van der Waals surface area contributed by atoms with Gasteiger partial charge in [0.15, 0.2) is 0 Å². The Morgan fingerprint density at radius 3 is 2.60 bits per heavy atom. The molecule has 0 aliphatic heterocycles. The van der Waals surface area contributed by atoms with Crippen LogP contribution >= 0.6 is 0 Å². The lowest BCUT2D eigenvalue weighted by atomic mass is 9.85. The second-order valence-electron chi connectivity index (χ2n) is 5.41. The number of fused-ring (bicyclic) bond motifs is 1. The van der Waals surface area contributed by atoms with E-state index in [1.165, 1.54) is 5.56 Å². The molecule has 82 valence electrons. The van der Waals surface area contributed by atoms with E-state index in [-0.39, 0.29) is 5.41 Å². The van der Waals surface area contributed by atoms with E-state index in [4.69, 9.17) is 5.73 Å². The Morgan fingerprint density at radius 1 is 1.33 bits per heavy atom. The van der Waals surface area contributed by atoms with Crippen LogP contribution in [0.5, 0.6) is 0 Å². The zero-order chi connectivity index (χ0) is 11.2. The topological polar surface area (TPSA) is 26.0 Å². The SMILES string of the molecule is CC(C)(C)c1ccc2c(c1)CC(F)C2N. The Balaban J connectivity index is 2.42. The third-order valence-electron chi connectivity index (χ3n) is 3.17. The molecule has 0 bridgehead atoms. The van der Waals surface area contributed by atoms with Crippen LogP contribution in [0.1, 0.15) is 43.5 Å². The summed E-state index contributed by atoms with van der Waals surface area (Å²) in [5, 5.41) is 0. The minimum atomic E-state index is -0.907. The monoisotopic (exact) mass is 207 g/mol. The Labute approximate surface area is 90.5 Å². The molecule has 15 heavy (non-hydrogen) atoms. The normalized spacial score (nSPS) is 25.4. The lowest BCUT2D eigenvalue weighted by Gasteiger charge is -2.20. The van der Waals surface area contributed by atoms with Crippen molar-refractivity contribution in [2.75, 3.05) is 0 Å². The molecule has 2 rings (SSSR count). The molecule has 2 heteroatoms. The van der Waals surface area contributed by atoms with Crippen molar-refractivity contribution in [2.24, 2.45) is 5.73 Å². The summed E-state index contributed by atoms with van der Waals surface area (Å²) in [6.07, 6.45) is -0.435. The first kappa shape index (κ1) is 10.6. The molecule has 0 heterocycles. The van der Waals surface area contributed by atoms with Crippen LogP contribution < -0.4 is 5.73 Å². The van der Waals surface area contributed by atoms with Crippen LogP contribution in [-0.2, 0) is 11.8 Å². The summed E-state index contributed by atoms with van der Waals surface area (Å²) in [5.74, 6) is 0. The van der Waals surface area contributed by atoms with Gasteiger partial charge >= 0.3 is 0 Å². The molecule has 1 aromatic carbocycles. The Bertz CT molecular complexity index is 379. The van der Waals surface area contributed by atoms with Crippen molar-refractivity contribution >= 4 is 0 Å². The molecule has 0 aromatic heterocycles. The highest BCUT2D eigenvalue weighted by Crippen LogP contribution is 2.34. The summed E-state index contributed by atoms with van der Waals surface area (Å²) < 4.78 is 13.4. The summed E-state index contributed by atoms with van der Waals surface area (Å²) >= 11 is 0. The zero-order valence-corrected chi connectivity index (χ0v) is 9.55. The van der Waals surface area contributed by atoms with Gasteiger partial charge in [-0.15, -0.1) is 0 Å². The summed E-state index contributed by atoms with van der Waals surface area (Å²) in [5.41, 5.74) is 9.21. The first-order valence-corrected chi connectivity index (χ1v) is 5.42. The largest absolute Gasteiger partial charge is 0.322 e. The van der Waals surface area contributed by atoms with Gasteiger partial charge < -0.3 is 5.73 Å². The Hall–Kier alpha value is -0.890. The second-order valence-corrected chi connectivity index (χ2v) is 5.41. The highest BCUT2D eigenvalue weighted by molar-refractivity contribution is 5.41. The van der Waals surface area contributed by atoms with Crippen molar-refractivity contribution in [2.45, 2.75) is 44.8 Å². The first-order valence-electron chi connectivity index (χ1n) is 5.42. The molecule has 1 aliphatic rings. The quantitative estimate of drug-likeness (QED) is 0.695. The van der Waals surface area contributed by atoms with E-state index in [2.05, 4.69) is 32.9 Å². The van der Waals surface area contributed by atoms with E-state index in [9.17, 15) is 4.39 Å². The van der Waals surface area contributed by atoms with E-state index in [0.717, 1.165) is 11.1 Å². The number of alkyl halides is 1. The molecule has 0 amide bonds. The molecule has 2 N–H and O–H groups in total. The highest BCUT2D eigenvalue weighted by atomic mass is 19.1. The fourth-order valence-corrected chi connectivity index (χ4v) is 2.11. The van der Waals surface area contributed by atoms with Crippen LogP contribution in [0.15, 0.2) is 18.2 Å². The Kier molecular flexibility index (Phi) is 2.34. The van der Waals surface area contributed by atoms with Gasteiger partial charge in [-0.3, -0.25) is 0 Å². The van der Waals surface area contributed by atoms with Crippen LogP contribution in [0.3, 0.4) is 0 Å². The van der Waals surface area contributed by atoms with Crippen molar-refractivity contribution < 1.29 is 4.39 Å². The molecule has 0 saturated carbocycles. The van der Waals surface area contributed by atoms with Crippen molar-refractivity contribution in [1.82, 2.24) is 0 Å². The van der Waals surface area contributed by atoms with Crippen LogP contribution in [0.25, 0.3) is 0 Å². The predicted octanol–water partition coefficient (Wildman–Crippen LogP) is 2.88. The average molecular weight is 207 g/mol. The van der Waals surface area contributed by atoms with E-state index in [1.807, 2.05) is 6.07 Å². The standard InChI is InChI=1S/C13H18FN/c1-13(2,3)9-4-5-10-8(6-9)7-11(14)12(10)15/h4-6,11-12H,7,15H2,1-3H3. The molecule has 1 aliphatic carbocycles. The highest BCUT2D eigenvalue weighted by Gasteiger charge is 2.30. The maximum atomic E-state index is 13.4. The molecular formula is C13H18FN. The lowest BCUT2D eigenvalue weighted by molar-refractivity contribution is 0.303. The van der Waals surface area contributed by atoms with Gasteiger partial charge in [-0.25, -0.2) is 4.39 Å². The maximum absolute atomic E-state index is 13.4. The molecule has 2 unspecified atom stereocenters. The third-order valence-corrected chi connectivity index (χ3v) is 3.17. The minimum Gasteiger partial charge on any atom is -0.322 e. The summed E-state index contributed by atoms with van der Waals surface area (Å²) in [6.45, 7) is 6.49. The van der Waals surface area contributed by atoms with Gasteiger partial charge in [0.1, 0.15) is 6.17 Å². The average Bonchev–Trinajstić information content (AvgIpc) is 2.41. The third kappa shape index (κ3) is 1.78. The van der Waals surface area contributed by atoms with Crippen molar-refractivity contribution in [3.8, 4) is 0 Å². The summed E-state index contributed by atoms with van der Waals surface area (Å²) in [6, 6.07) is 5.74. The first-order chi connectivity index (χ1) is 6.89. The number of benzene rings is 1. The van der Waals surface area contributed by atoms with Crippen LogP contribution in [0.2, 0.25) is 0 Å². The van der Waals surface area contributed by atoms with E-state index < -0.39 is 12.2 Å². The lowest BCUT2D eigenvalue weighted by Crippen LogP contribution is -2.17. The summed E-state index contributed by atoms with van der Waals surface area (Å²) in [7, 11) is 0. The predicted molar refractivity (Wildman–Crippen MR) is 60.7 cm³/mol. The smallest absolute Gasteiger partial charge is 0.123 e. The molecule has 0 saturated heterocycles. The fourth-order valence-electron chi connectivity index (χ4n) is 2.11. The summed E-state index contributed by atoms with van der Waals surface area (Å²) in [4.78, 5) is 0. The van der Waals surface area contributed by atoms with Gasteiger partial charge in [-0.05, 0) is 22.1 Å².